The Morgan fingerprint density at radius 2 is 1.47 bits per heavy atom. The predicted molar refractivity (Wildman–Crippen MR) is 161 cm³/mol. The molecule has 1 N–H and O–H groups in total. The Labute approximate surface area is 223 Å². The summed E-state index contributed by atoms with van der Waals surface area (Å²) >= 11 is 0. The molecule has 1 heterocycles. The van der Waals surface area contributed by atoms with Crippen molar-refractivity contribution in [2.24, 2.45) is 0 Å². The van der Waals surface area contributed by atoms with Crippen LogP contribution < -0.4 is 0 Å². The lowest BCUT2D eigenvalue weighted by atomic mass is 10.0. The zero-order valence-corrected chi connectivity index (χ0v) is 21.1. The number of benzene rings is 4. The molecular formula is C35H27N3. The third-order valence-corrected chi connectivity index (χ3v) is 6.63. The van der Waals surface area contributed by atoms with Gasteiger partial charge < -0.3 is 9.98 Å². The monoisotopic (exact) mass is 489 g/mol. The van der Waals surface area contributed by atoms with Crippen molar-refractivity contribution < 1.29 is 0 Å². The van der Waals surface area contributed by atoms with Crippen molar-refractivity contribution in [1.29, 1.82) is 10.7 Å². The number of aromatic nitrogens is 1. The van der Waals surface area contributed by atoms with Crippen LogP contribution in [-0.4, -0.2) is 10.3 Å². The number of rotatable bonds is 8. The number of hydrogen-bond donors (Lipinski definition) is 1. The van der Waals surface area contributed by atoms with Gasteiger partial charge in [-0.2, -0.15) is 5.26 Å². The molecule has 0 aliphatic carbocycles. The van der Waals surface area contributed by atoms with Gasteiger partial charge in [0.1, 0.15) is 0 Å². The topological polar surface area (TPSA) is 52.6 Å². The third-order valence-electron chi connectivity index (χ3n) is 6.63. The molecule has 0 radical (unpaired) electrons. The van der Waals surface area contributed by atoms with Crippen LogP contribution in [0.15, 0.2) is 140 Å². The fourth-order valence-electron chi connectivity index (χ4n) is 4.65. The van der Waals surface area contributed by atoms with Crippen molar-refractivity contribution in [2.75, 3.05) is 0 Å². The minimum Gasteiger partial charge on any atom is -0.309 e. The van der Waals surface area contributed by atoms with Gasteiger partial charge in [-0.05, 0) is 64.7 Å². The van der Waals surface area contributed by atoms with Gasteiger partial charge in [0.25, 0.3) is 0 Å². The lowest BCUT2D eigenvalue weighted by Gasteiger charge is -2.08. The van der Waals surface area contributed by atoms with Crippen LogP contribution in [0.25, 0.3) is 44.2 Å². The first-order valence-corrected chi connectivity index (χ1v) is 12.5. The summed E-state index contributed by atoms with van der Waals surface area (Å²) in [6.07, 6.45) is 7.17. The Kier molecular flexibility index (Phi) is 6.97. The maximum absolute atomic E-state index is 9.03. The molecule has 0 aliphatic heterocycles. The largest absolute Gasteiger partial charge is 0.309 e. The van der Waals surface area contributed by atoms with Gasteiger partial charge in [0, 0.05) is 34.2 Å². The second-order valence-electron chi connectivity index (χ2n) is 9.06. The van der Waals surface area contributed by atoms with E-state index in [0.717, 1.165) is 33.2 Å². The molecule has 0 saturated heterocycles. The third kappa shape index (κ3) is 4.89. The second-order valence-corrected chi connectivity index (χ2v) is 9.06. The molecule has 5 rings (SSSR count). The van der Waals surface area contributed by atoms with Crippen molar-refractivity contribution in [3.63, 3.8) is 0 Å². The summed E-state index contributed by atoms with van der Waals surface area (Å²) in [6.45, 7) is 7.89. The van der Waals surface area contributed by atoms with Gasteiger partial charge in [-0.15, -0.1) is 0 Å². The quantitative estimate of drug-likeness (QED) is 0.132. The van der Waals surface area contributed by atoms with Crippen molar-refractivity contribution in [2.45, 2.75) is 6.42 Å². The van der Waals surface area contributed by atoms with Gasteiger partial charge in [0.15, 0.2) is 0 Å². The van der Waals surface area contributed by atoms with Crippen LogP contribution in [0.3, 0.4) is 0 Å². The first-order valence-electron chi connectivity index (χ1n) is 12.5. The first-order chi connectivity index (χ1) is 18.6. The van der Waals surface area contributed by atoms with Crippen LogP contribution >= 0.6 is 0 Å². The molecule has 38 heavy (non-hydrogen) atoms. The fourth-order valence-corrected chi connectivity index (χ4v) is 4.65. The molecule has 0 saturated carbocycles. The smallest absolute Gasteiger partial charge is 0.0988 e. The first kappa shape index (κ1) is 24.5. The van der Waals surface area contributed by atoms with Crippen molar-refractivity contribution in [1.82, 2.24) is 4.57 Å². The number of allylic oxidation sites excluding steroid dienone is 6. The molecule has 5 aromatic rings. The summed E-state index contributed by atoms with van der Waals surface area (Å²) in [5.41, 5.74) is 8.44. The van der Waals surface area contributed by atoms with E-state index in [1.165, 1.54) is 22.6 Å². The molecule has 0 unspecified atom stereocenters. The van der Waals surface area contributed by atoms with Crippen LogP contribution in [0.4, 0.5) is 0 Å². The van der Waals surface area contributed by atoms with Crippen molar-refractivity contribution in [3.8, 4) is 22.9 Å². The minimum atomic E-state index is 0.366. The molecule has 0 amide bonds. The van der Waals surface area contributed by atoms with E-state index in [0.29, 0.717) is 17.7 Å². The van der Waals surface area contributed by atoms with E-state index in [1.807, 2.05) is 18.2 Å². The second kappa shape index (κ2) is 10.8. The molecule has 3 nitrogen and oxygen atoms in total. The summed E-state index contributed by atoms with van der Waals surface area (Å²) in [7, 11) is 0. The minimum absolute atomic E-state index is 0.366. The molecule has 0 atom stereocenters. The van der Waals surface area contributed by atoms with Crippen molar-refractivity contribution >= 4 is 33.1 Å². The number of nitriles is 1. The van der Waals surface area contributed by atoms with Gasteiger partial charge in [-0.1, -0.05) is 92.0 Å². The lowest BCUT2D eigenvalue weighted by Crippen LogP contribution is -1.93. The SMILES string of the molecule is C=C/C(C#N)=C\CC(=N)/C=C\C(=C)c1ccc2c(c1)c1cc(-c3ccccc3)ccc1n2-c1ccccc1. The summed E-state index contributed by atoms with van der Waals surface area (Å²) in [5.74, 6) is 0. The summed E-state index contributed by atoms with van der Waals surface area (Å²) in [4.78, 5) is 0. The molecule has 182 valence electrons. The molecule has 0 bridgehead atoms. The highest BCUT2D eigenvalue weighted by Gasteiger charge is 2.14. The maximum Gasteiger partial charge on any atom is 0.0988 e. The van der Waals surface area contributed by atoms with E-state index in [4.69, 9.17) is 10.7 Å². The highest BCUT2D eigenvalue weighted by molar-refractivity contribution is 6.11. The number of para-hydroxylation sites is 1. The molecule has 0 spiro atoms. The Morgan fingerprint density at radius 3 is 2.16 bits per heavy atom. The van der Waals surface area contributed by atoms with Gasteiger partial charge >= 0.3 is 0 Å². The Hall–Kier alpha value is -5.20. The average molecular weight is 490 g/mol. The lowest BCUT2D eigenvalue weighted by molar-refractivity contribution is 1.18. The van der Waals surface area contributed by atoms with Crippen molar-refractivity contribution in [3.05, 3.63) is 146 Å². The van der Waals surface area contributed by atoms with E-state index in [1.54, 1.807) is 12.2 Å². The van der Waals surface area contributed by atoms with Crippen LogP contribution in [-0.2, 0) is 0 Å². The predicted octanol–water partition coefficient (Wildman–Crippen LogP) is 9.07. The zero-order chi connectivity index (χ0) is 26.5. The normalized spacial score (nSPS) is 11.6. The number of nitrogens with one attached hydrogen (secondary N) is 1. The molecule has 0 fully saturated rings. The summed E-state index contributed by atoms with van der Waals surface area (Å²) in [5, 5.41) is 19.6. The molecular weight excluding hydrogens is 462 g/mol. The molecule has 0 aliphatic rings. The van der Waals surface area contributed by atoms with E-state index in [-0.39, 0.29) is 0 Å². The van der Waals surface area contributed by atoms with Crippen LogP contribution in [0.1, 0.15) is 12.0 Å². The van der Waals surface area contributed by atoms with Crippen LogP contribution in [0.2, 0.25) is 0 Å². The van der Waals surface area contributed by atoms with Gasteiger partial charge in [-0.25, -0.2) is 0 Å². The fraction of sp³-hybridized carbons (Fsp3) is 0.0286. The number of fused-ring (bicyclic) bond motifs is 3. The highest BCUT2D eigenvalue weighted by atomic mass is 15.0. The number of hydrogen-bond acceptors (Lipinski definition) is 2. The van der Waals surface area contributed by atoms with Gasteiger partial charge in [0.05, 0.1) is 17.1 Å². The Balaban J connectivity index is 1.58. The Bertz CT molecular complexity index is 1780. The van der Waals surface area contributed by atoms with E-state index in [2.05, 4.69) is 109 Å². The van der Waals surface area contributed by atoms with Crippen LogP contribution in [0.5, 0.6) is 0 Å². The van der Waals surface area contributed by atoms with Crippen LogP contribution in [0, 0.1) is 16.7 Å². The standard InChI is InChI=1S/C35H27N3/c1-3-26(24-36)15-19-30(37)18-14-25(2)28-16-20-34-32(22-28)33-23-29(27-10-6-4-7-11-27)17-21-35(33)38(34)31-12-8-5-9-13-31/h3-18,20-23,37H,1-2,19H2/b18-14-,26-15+,37-30?. The molecule has 3 heteroatoms. The molecule has 1 aromatic heterocycles. The maximum atomic E-state index is 9.03. The number of nitrogens with zero attached hydrogens (tertiary/aromatic N) is 2. The summed E-state index contributed by atoms with van der Waals surface area (Å²) < 4.78 is 2.30. The van der Waals surface area contributed by atoms with Gasteiger partial charge in [-0.3, -0.25) is 0 Å². The Morgan fingerprint density at radius 1 is 0.816 bits per heavy atom. The van der Waals surface area contributed by atoms with E-state index < -0.39 is 0 Å². The summed E-state index contributed by atoms with van der Waals surface area (Å²) in [6, 6.07) is 36.0. The molecule has 4 aromatic carbocycles. The van der Waals surface area contributed by atoms with E-state index >= 15 is 0 Å². The van der Waals surface area contributed by atoms with E-state index in [9.17, 15) is 0 Å². The highest BCUT2D eigenvalue weighted by Crippen LogP contribution is 2.36. The van der Waals surface area contributed by atoms with Gasteiger partial charge in [0.2, 0.25) is 0 Å². The zero-order valence-electron chi connectivity index (χ0n) is 21.1. The average Bonchev–Trinajstić information content (AvgIpc) is 3.30.